The topological polar surface area (TPSA) is 43.1 Å². The standard InChI is InChI=1S/C15H13Cl2NO2S/c16-12-7-4-8-13(17)15(12)14(9-18(19)20)21-10-11-5-2-1-3-6-11/h1-8,14H,9-10H2/t14-/m1/s1. The predicted octanol–water partition coefficient (Wildman–Crippen LogP) is 5.24. The Kier molecular flexibility index (Phi) is 5.91. The van der Waals surface area contributed by atoms with E-state index in [1.165, 1.54) is 11.8 Å². The maximum Gasteiger partial charge on any atom is 0.219 e. The number of thioether (sulfide) groups is 1. The zero-order valence-electron chi connectivity index (χ0n) is 11.0. The zero-order valence-corrected chi connectivity index (χ0v) is 13.4. The molecule has 0 aliphatic heterocycles. The molecule has 0 spiro atoms. The summed E-state index contributed by atoms with van der Waals surface area (Å²) in [5.74, 6) is 0.668. The SMILES string of the molecule is O=[N+]([O-])C[C@@H](SCc1ccccc1)c1c(Cl)cccc1Cl. The van der Waals surface area contributed by atoms with Crippen molar-refractivity contribution < 1.29 is 4.92 Å². The number of hydrogen-bond acceptors (Lipinski definition) is 3. The lowest BCUT2D eigenvalue weighted by Gasteiger charge is -2.16. The van der Waals surface area contributed by atoms with E-state index in [1.54, 1.807) is 18.2 Å². The van der Waals surface area contributed by atoms with E-state index in [4.69, 9.17) is 23.2 Å². The first kappa shape index (κ1) is 16.1. The molecule has 0 radical (unpaired) electrons. The van der Waals surface area contributed by atoms with E-state index >= 15 is 0 Å². The fourth-order valence-corrected chi connectivity index (χ4v) is 3.98. The number of benzene rings is 2. The number of rotatable bonds is 6. The van der Waals surface area contributed by atoms with Gasteiger partial charge in [0.1, 0.15) is 0 Å². The fraction of sp³-hybridized carbons (Fsp3) is 0.200. The molecule has 21 heavy (non-hydrogen) atoms. The molecular weight excluding hydrogens is 329 g/mol. The van der Waals surface area contributed by atoms with Crippen LogP contribution in [-0.4, -0.2) is 11.5 Å². The van der Waals surface area contributed by atoms with Crippen LogP contribution in [0.2, 0.25) is 10.0 Å². The van der Waals surface area contributed by atoms with Crippen LogP contribution < -0.4 is 0 Å². The van der Waals surface area contributed by atoms with E-state index in [2.05, 4.69) is 0 Å². The van der Waals surface area contributed by atoms with E-state index in [9.17, 15) is 10.1 Å². The van der Waals surface area contributed by atoms with Crippen molar-refractivity contribution >= 4 is 35.0 Å². The van der Waals surface area contributed by atoms with Crippen LogP contribution in [0.5, 0.6) is 0 Å². The maximum atomic E-state index is 10.9. The molecule has 0 unspecified atom stereocenters. The molecule has 6 heteroatoms. The average molecular weight is 342 g/mol. The Bertz CT molecular complexity index is 602. The quantitative estimate of drug-likeness (QED) is 0.532. The Balaban J connectivity index is 2.20. The number of hydrogen-bond donors (Lipinski definition) is 0. The molecule has 0 aliphatic carbocycles. The summed E-state index contributed by atoms with van der Waals surface area (Å²) in [6.45, 7) is -0.207. The molecule has 0 heterocycles. The van der Waals surface area contributed by atoms with Crippen molar-refractivity contribution in [3.05, 3.63) is 79.8 Å². The largest absolute Gasteiger partial charge is 0.264 e. The second-order valence-corrected chi connectivity index (χ2v) is 6.44. The van der Waals surface area contributed by atoms with Gasteiger partial charge >= 0.3 is 0 Å². The van der Waals surface area contributed by atoms with Gasteiger partial charge in [-0.2, -0.15) is 0 Å². The molecule has 0 fully saturated rings. The lowest BCUT2D eigenvalue weighted by atomic mass is 10.1. The highest BCUT2D eigenvalue weighted by Crippen LogP contribution is 2.39. The molecule has 3 nitrogen and oxygen atoms in total. The number of nitrogens with zero attached hydrogens (tertiary/aromatic N) is 1. The van der Waals surface area contributed by atoms with Crippen LogP contribution in [0.25, 0.3) is 0 Å². The van der Waals surface area contributed by atoms with Gasteiger partial charge < -0.3 is 0 Å². The first-order valence-electron chi connectivity index (χ1n) is 6.29. The Hall–Kier alpha value is -1.23. The Labute approximate surface area is 137 Å². The van der Waals surface area contributed by atoms with E-state index in [-0.39, 0.29) is 16.7 Å². The summed E-state index contributed by atoms with van der Waals surface area (Å²) in [4.78, 5) is 10.6. The third-order valence-corrected chi connectivity index (χ3v) is 4.88. The lowest BCUT2D eigenvalue weighted by Crippen LogP contribution is -2.11. The maximum absolute atomic E-state index is 10.9. The van der Waals surface area contributed by atoms with Gasteiger partial charge in [0.2, 0.25) is 6.54 Å². The monoisotopic (exact) mass is 341 g/mol. The van der Waals surface area contributed by atoms with Crippen LogP contribution >= 0.6 is 35.0 Å². The smallest absolute Gasteiger partial charge is 0.219 e. The molecule has 0 aromatic heterocycles. The summed E-state index contributed by atoms with van der Waals surface area (Å²) in [5.41, 5.74) is 1.75. The second-order valence-electron chi connectivity index (χ2n) is 4.44. The highest BCUT2D eigenvalue weighted by atomic mass is 35.5. The van der Waals surface area contributed by atoms with Gasteiger partial charge in [0, 0.05) is 26.3 Å². The molecule has 0 saturated heterocycles. The minimum Gasteiger partial charge on any atom is -0.264 e. The summed E-state index contributed by atoms with van der Waals surface area (Å²) >= 11 is 13.8. The number of nitro groups is 1. The Morgan fingerprint density at radius 2 is 1.67 bits per heavy atom. The highest BCUT2D eigenvalue weighted by Gasteiger charge is 2.23. The highest BCUT2D eigenvalue weighted by molar-refractivity contribution is 7.98. The van der Waals surface area contributed by atoms with Crippen molar-refractivity contribution in [1.82, 2.24) is 0 Å². The van der Waals surface area contributed by atoms with E-state index in [1.807, 2.05) is 30.3 Å². The van der Waals surface area contributed by atoms with Gasteiger partial charge in [-0.1, -0.05) is 59.6 Å². The molecule has 2 aromatic rings. The van der Waals surface area contributed by atoms with Crippen LogP contribution in [-0.2, 0) is 5.75 Å². The Morgan fingerprint density at radius 1 is 1.05 bits per heavy atom. The molecule has 0 bridgehead atoms. The summed E-state index contributed by atoms with van der Waals surface area (Å²) in [7, 11) is 0. The van der Waals surface area contributed by atoms with Crippen LogP contribution in [0, 0.1) is 10.1 Å². The van der Waals surface area contributed by atoms with Gasteiger partial charge in [-0.25, -0.2) is 0 Å². The normalized spacial score (nSPS) is 12.1. The summed E-state index contributed by atoms with van der Waals surface area (Å²) < 4.78 is 0. The minimum atomic E-state index is -0.374. The van der Waals surface area contributed by atoms with Crippen molar-refractivity contribution in [2.75, 3.05) is 6.54 Å². The van der Waals surface area contributed by atoms with Crippen molar-refractivity contribution in [2.45, 2.75) is 11.0 Å². The van der Waals surface area contributed by atoms with Gasteiger partial charge in [0.25, 0.3) is 0 Å². The van der Waals surface area contributed by atoms with Gasteiger partial charge in [-0.15, -0.1) is 11.8 Å². The van der Waals surface area contributed by atoms with Gasteiger partial charge in [0.05, 0.1) is 5.25 Å². The second kappa shape index (κ2) is 7.69. The van der Waals surface area contributed by atoms with Gasteiger partial charge in [-0.05, 0) is 17.7 Å². The molecule has 2 aromatic carbocycles. The zero-order chi connectivity index (χ0) is 15.2. The first-order chi connectivity index (χ1) is 10.1. The average Bonchev–Trinajstić information content (AvgIpc) is 2.45. The lowest BCUT2D eigenvalue weighted by molar-refractivity contribution is -0.479. The van der Waals surface area contributed by atoms with E-state index < -0.39 is 0 Å². The van der Waals surface area contributed by atoms with Crippen LogP contribution in [0.15, 0.2) is 48.5 Å². The van der Waals surface area contributed by atoms with Crippen LogP contribution in [0.1, 0.15) is 16.4 Å². The van der Waals surface area contributed by atoms with Crippen molar-refractivity contribution in [2.24, 2.45) is 0 Å². The Morgan fingerprint density at radius 3 is 2.24 bits per heavy atom. The minimum absolute atomic E-state index is 0.207. The van der Waals surface area contributed by atoms with Gasteiger partial charge in [0.15, 0.2) is 0 Å². The molecular formula is C15H13Cl2NO2S. The molecule has 0 amide bonds. The summed E-state index contributed by atoms with van der Waals surface area (Å²) in [6.07, 6.45) is 0. The predicted molar refractivity (Wildman–Crippen MR) is 88.8 cm³/mol. The third-order valence-electron chi connectivity index (χ3n) is 2.93. The molecule has 0 N–H and O–H groups in total. The first-order valence-corrected chi connectivity index (χ1v) is 8.09. The van der Waals surface area contributed by atoms with E-state index in [0.29, 0.717) is 21.4 Å². The molecule has 2 rings (SSSR count). The van der Waals surface area contributed by atoms with Crippen LogP contribution in [0.4, 0.5) is 0 Å². The molecule has 1 atom stereocenters. The summed E-state index contributed by atoms with van der Waals surface area (Å²) in [6, 6.07) is 15.0. The van der Waals surface area contributed by atoms with Crippen molar-refractivity contribution in [1.29, 1.82) is 0 Å². The number of halogens is 2. The summed E-state index contributed by atoms with van der Waals surface area (Å²) in [5, 5.41) is 11.5. The third kappa shape index (κ3) is 4.63. The van der Waals surface area contributed by atoms with E-state index in [0.717, 1.165) is 5.56 Å². The van der Waals surface area contributed by atoms with Gasteiger partial charge in [-0.3, -0.25) is 10.1 Å². The van der Waals surface area contributed by atoms with Crippen molar-refractivity contribution in [3.8, 4) is 0 Å². The molecule has 0 aliphatic rings. The van der Waals surface area contributed by atoms with Crippen LogP contribution in [0.3, 0.4) is 0 Å². The molecule has 0 saturated carbocycles. The fourth-order valence-electron chi connectivity index (χ4n) is 1.95. The molecule has 110 valence electrons. The van der Waals surface area contributed by atoms with Crippen molar-refractivity contribution in [3.63, 3.8) is 0 Å².